The van der Waals surface area contributed by atoms with Gasteiger partial charge in [-0.15, -0.1) is 0 Å². The minimum absolute atomic E-state index is 0.0223. The molecule has 1 heterocycles. The Kier molecular flexibility index (Phi) is 5.42. The number of hydrogen-bond acceptors (Lipinski definition) is 6. The molecule has 0 saturated heterocycles. The average Bonchev–Trinajstić information content (AvgIpc) is 2.70. The van der Waals surface area contributed by atoms with Crippen molar-refractivity contribution in [3.05, 3.63) is 17.1 Å². The van der Waals surface area contributed by atoms with Crippen molar-refractivity contribution in [1.29, 1.82) is 0 Å². The third-order valence-electron chi connectivity index (χ3n) is 2.64. The minimum atomic E-state index is -4.32. The lowest BCUT2D eigenvalue weighted by Gasteiger charge is -2.11. The summed E-state index contributed by atoms with van der Waals surface area (Å²) < 4.78 is 59.9. The number of hydrogen-bond donors (Lipinski definition) is 2. The number of aliphatic hydroxyl groups is 1. The second-order valence-corrected chi connectivity index (χ2v) is 5.87. The van der Waals surface area contributed by atoms with Gasteiger partial charge in [0, 0.05) is 6.54 Å². The van der Waals surface area contributed by atoms with Gasteiger partial charge in [-0.3, -0.25) is 0 Å². The highest BCUT2D eigenvalue weighted by Crippen LogP contribution is 2.27. The fraction of sp³-hybridized carbons (Fsp3) is 0.545. The van der Waals surface area contributed by atoms with Crippen LogP contribution >= 0.6 is 0 Å². The van der Waals surface area contributed by atoms with E-state index < -0.39 is 40.0 Å². The molecule has 0 amide bonds. The van der Waals surface area contributed by atoms with Gasteiger partial charge in [-0.1, -0.05) is 0 Å². The van der Waals surface area contributed by atoms with Crippen LogP contribution < -0.4 is 4.72 Å². The molecule has 0 spiro atoms. The summed E-state index contributed by atoms with van der Waals surface area (Å²) in [7, 11) is -3.26. The van der Waals surface area contributed by atoms with Gasteiger partial charge in [0.25, 0.3) is 6.43 Å². The van der Waals surface area contributed by atoms with Crippen LogP contribution in [0.15, 0.2) is 9.31 Å². The zero-order valence-corrected chi connectivity index (χ0v) is 12.3. The topological polar surface area (TPSA) is 106 Å². The molecule has 0 aliphatic heterocycles. The highest BCUT2D eigenvalue weighted by molar-refractivity contribution is 7.89. The van der Waals surface area contributed by atoms with Crippen LogP contribution in [-0.4, -0.2) is 45.7 Å². The molecule has 0 saturated carbocycles. The van der Waals surface area contributed by atoms with E-state index in [0.29, 0.717) is 0 Å². The molecular formula is C11H15F2NO6S. The lowest BCUT2D eigenvalue weighted by molar-refractivity contribution is -0.000458. The van der Waals surface area contributed by atoms with Crippen LogP contribution in [0, 0.1) is 13.8 Å². The summed E-state index contributed by atoms with van der Waals surface area (Å²) in [5.41, 5.74) is -0.311. The van der Waals surface area contributed by atoms with E-state index in [0.717, 1.165) is 7.11 Å². The number of ether oxygens (including phenoxy) is 1. The molecule has 1 unspecified atom stereocenters. The minimum Gasteiger partial charge on any atom is -0.465 e. The number of nitrogens with one attached hydrogen (secondary N) is 1. The zero-order valence-electron chi connectivity index (χ0n) is 11.5. The van der Waals surface area contributed by atoms with E-state index in [1.54, 1.807) is 4.72 Å². The predicted molar refractivity (Wildman–Crippen MR) is 66.7 cm³/mol. The monoisotopic (exact) mass is 327 g/mol. The molecule has 0 radical (unpaired) electrons. The molecule has 7 nitrogen and oxygen atoms in total. The molecule has 0 aliphatic carbocycles. The lowest BCUT2D eigenvalue weighted by atomic mass is 10.2. The van der Waals surface area contributed by atoms with E-state index in [1.165, 1.54) is 13.8 Å². The quantitative estimate of drug-likeness (QED) is 0.741. The molecule has 0 aromatic carbocycles. The standard InChI is InChI=1S/C11H15F2NO6S/c1-5-8(11(16)19-3)9(6(2)20-5)21(17,18)14-4-7(15)10(12)13/h7,10,14-15H,4H2,1-3H3. The molecule has 1 atom stereocenters. The fourth-order valence-corrected chi connectivity index (χ4v) is 3.13. The number of halogens is 2. The molecule has 1 aromatic heterocycles. The van der Waals surface area contributed by atoms with Crippen molar-refractivity contribution in [1.82, 2.24) is 4.72 Å². The summed E-state index contributed by atoms with van der Waals surface area (Å²) >= 11 is 0. The van der Waals surface area contributed by atoms with Crippen molar-refractivity contribution >= 4 is 16.0 Å². The maximum Gasteiger partial charge on any atom is 0.342 e. The zero-order chi connectivity index (χ0) is 16.4. The molecular weight excluding hydrogens is 312 g/mol. The van der Waals surface area contributed by atoms with Crippen molar-refractivity contribution in [3.63, 3.8) is 0 Å². The Morgan fingerprint density at radius 3 is 2.43 bits per heavy atom. The molecule has 0 aliphatic rings. The molecule has 2 N–H and O–H groups in total. The first-order chi connectivity index (χ1) is 9.61. The van der Waals surface area contributed by atoms with Crippen molar-refractivity contribution in [2.75, 3.05) is 13.7 Å². The molecule has 10 heteroatoms. The highest BCUT2D eigenvalue weighted by atomic mass is 32.2. The van der Waals surface area contributed by atoms with Gasteiger partial charge in [0.1, 0.15) is 28.1 Å². The van der Waals surface area contributed by atoms with Crippen molar-refractivity contribution in [2.45, 2.75) is 31.3 Å². The average molecular weight is 327 g/mol. The van der Waals surface area contributed by atoms with E-state index in [9.17, 15) is 22.0 Å². The molecule has 0 fully saturated rings. The first-order valence-corrected chi connectivity index (χ1v) is 7.24. The number of aliphatic hydroxyl groups excluding tert-OH is 1. The Morgan fingerprint density at radius 1 is 1.38 bits per heavy atom. The Bertz CT molecular complexity index is 625. The van der Waals surface area contributed by atoms with Crippen LogP contribution in [0.3, 0.4) is 0 Å². The normalized spacial score (nSPS) is 13.5. The number of aryl methyl sites for hydroxylation is 2. The maximum absolute atomic E-state index is 12.2. The number of methoxy groups -OCH3 is 1. The number of alkyl halides is 2. The van der Waals surface area contributed by atoms with Gasteiger partial charge >= 0.3 is 5.97 Å². The third-order valence-corrected chi connectivity index (χ3v) is 4.21. The van der Waals surface area contributed by atoms with E-state index in [2.05, 4.69) is 4.74 Å². The number of rotatable bonds is 6. The molecule has 0 bridgehead atoms. The smallest absolute Gasteiger partial charge is 0.342 e. The van der Waals surface area contributed by atoms with Crippen LogP contribution in [0.25, 0.3) is 0 Å². The summed E-state index contributed by atoms with van der Waals surface area (Å²) in [5, 5.41) is 8.94. The van der Waals surface area contributed by atoms with Gasteiger partial charge in [-0.25, -0.2) is 26.7 Å². The van der Waals surface area contributed by atoms with E-state index in [-0.39, 0.29) is 17.1 Å². The van der Waals surface area contributed by atoms with Crippen LogP contribution in [0.1, 0.15) is 21.9 Å². The number of sulfonamides is 1. The van der Waals surface area contributed by atoms with Crippen molar-refractivity contribution < 1.29 is 36.3 Å². The lowest BCUT2D eigenvalue weighted by Crippen LogP contribution is -2.36. The van der Waals surface area contributed by atoms with Gasteiger partial charge in [0.05, 0.1) is 7.11 Å². The summed E-state index contributed by atoms with van der Waals surface area (Å²) in [4.78, 5) is 11.1. The second kappa shape index (κ2) is 6.50. The first-order valence-electron chi connectivity index (χ1n) is 5.76. The van der Waals surface area contributed by atoms with Crippen LogP contribution in [-0.2, 0) is 14.8 Å². The van der Waals surface area contributed by atoms with Gasteiger partial charge in [0.2, 0.25) is 10.0 Å². The molecule has 1 rings (SSSR count). The Morgan fingerprint density at radius 2 is 1.95 bits per heavy atom. The second-order valence-electron chi connectivity index (χ2n) is 4.16. The number of esters is 1. The van der Waals surface area contributed by atoms with Gasteiger partial charge in [-0.05, 0) is 13.8 Å². The third kappa shape index (κ3) is 3.77. The van der Waals surface area contributed by atoms with Gasteiger partial charge in [-0.2, -0.15) is 0 Å². The summed E-state index contributed by atoms with van der Waals surface area (Å²) in [6, 6.07) is 0. The fourth-order valence-electron chi connectivity index (χ4n) is 1.68. The van der Waals surface area contributed by atoms with Gasteiger partial charge < -0.3 is 14.3 Å². The van der Waals surface area contributed by atoms with E-state index >= 15 is 0 Å². The van der Waals surface area contributed by atoms with Gasteiger partial charge in [0.15, 0.2) is 0 Å². The summed E-state index contributed by atoms with van der Waals surface area (Å²) in [5.74, 6) is -1.000. The first kappa shape index (κ1) is 17.5. The number of furan rings is 1. The van der Waals surface area contributed by atoms with Crippen LogP contribution in [0.4, 0.5) is 8.78 Å². The van der Waals surface area contributed by atoms with Crippen molar-refractivity contribution in [2.24, 2.45) is 0 Å². The largest absolute Gasteiger partial charge is 0.465 e. The number of carbonyl (C=O) groups excluding carboxylic acids is 1. The molecule has 120 valence electrons. The predicted octanol–water partition coefficient (Wildman–Crippen LogP) is 0.587. The van der Waals surface area contributed by atoms with E-state index in [1.807, 2.05) is 0 Å². The summed E-state index contributed by atoms with van der Waals surface area (Å²) in [6.07, 6.45) is -5.25. The van der Waals surface area contributed by atoms with E-state index in [4.69, 9.17) is 9.52 Å². The SMILES string of the molecule is COC(=O)c1c(C)oc(C)c1S(=O)(=O)NCC(O)C(F)F. The maximum atomic E-state index is 12.2. The molecule has 1 aromatic rings. The summed E-state index contributed by atoms with van der Waals surface area (Å²) in [6.45, 7) is 1.77. The Hall–Kier alpha value is -1.52. The van der Waals surface area contributed by atoms with Crippen molar-refractivity contribution in [3.8, 4) is 0 Å². The van der Waals surface area contributed by atoms with Crippen LogP contribution in [0.5, 0.6) is 0 Å². The molecule has 21 heavy (non-hydrogen) atoms. The number of carbonyl (C=O) groups is 1. The Balaban J connectivity index is 3.17. The van der Waals surface area contributed by atoms with Crippen LogP contribution in [0.2, 0.25) is 0 Å². The Labute approximate surface area is 119 Å². The highest BCUT2D eigenvalue weighted by Gasteiger charge is 2.32.